The molecule has 6 heteroatoms. The molecule has 23 heavy (non-hydrogen) atoms. The molecule has 120 valence electrons. The minimum atomic E-state index is -0.375. The summed E-state index contributed by atoms with van der Waals surface area (Å²) in [5.41, 5.74) is 9.27. The predicted molar refractivity (Wildman–Crippen MR) is 95.3 cm³/mol. The van der Waals surface area contributed by atoms with Crippen molar-refractivity contribution in [2.45, 2.75) is 20.3 Å². The second-order valence-corrected chi connectivity index (χ2v) is 5.57. The summed E-state index contributed by atoms with van der Waals surface area (Å²) in [6.07, 6.45) is 0.729. The van der Waals surface area contributed by atoms with E-state index in [1.807, 2.05) is 26.0 Å². The Morgan fingerprint density at radius 1 is 1.22 bits per heavy atom. The van der Waals surface area contributed by atoms with Gasteiger partial charge in [0.1, 0.15) is 5.82 Å². The van der Waals surface area contributed by atoms with Crippen molar-refractivity contribution in [2.75, 3.05) is 10.6 Å². The van der Waals surface area contributed by atoms with Crippen LogP contribution in [0.4, 0.5) is 15.8 Å². The number of halogens is 1. The molecule has 1 amide bonds. The Balaban J connectivity index is 2.29. The van der Waals surface area contributed by atoms with E-state index in [1.54, 1.807) is 0 Å². The van der Waals surface area contributed by atoms with Crippen LogP contribution in [0.25, 0.3) is 0 Å². The van der Waals surface area contributed by atoms with Crippen LogP contribution in [0.1, 0.15) is 28.4 Å². The van der Waals surface area contributed by atoms with Crippen LogP contribution in [-0.2, 0) is 6.42 Å². The fraction of sp³-hybridized carbons (Fsp3) is 0.176. The first-order valence-electron chi connectivity index (χ1n) is 7.17. The second-order valence-electron chi connectivity index (χ2n) is 5.13. The van der Waals surface area contributed by atoms with E-state index in [1.165, 1.54) is 24.3 Å². The summed E-state index contributed by atoms with van der Waals surface area (Å²) in [5, 5.41) is 5.98. The van der Waals surface area contributed by atoms with Crippen LogP contribution in [0.5, 0.6) is 0 Å². The highest BCUT2D eigenvalue weighted by Crippen LogP contribution is 2.26. The van der Waals surface area contributed by atoms with Gasteiger partial charge in [0.15, 0.2) is 5.11 Å². The highest BCUT2D eigenvalue weighted by Gasteiger charge is 2.12. The van der Waals surface area contributed by atoms with E-state index in [2.05, 4.69) is 10.6 Å². The molecule has 0 atom stereocenters. The highest BCUT2D eigenvalue weighted by molar-refractivity contribution is 7.80. The molecule has 0 aliphatic heterocycles. The number of benzene rings is 2. The number of amides is 1. The van der Waals surface area contributed by atoms with E-state index < -0.39 is 0 Å². The smallest absolute Gasteiger partial charge is 0.255 e. The Labute approximate surface area is 139 Å². The number of aryl methyl sites for hydroxylation is 2. The maximum Gasteiger partial charge on any atom is 0.255 e. The van der Waals surface area contributed by atoms with Gasteiger partial charge in [-0.15, -0.1) is 0 Å². The van der Waals surface area contributed by atoms with Crippen LogP contribution in [0.2, 0.25) is 0 Å². The first kappa shape index (κ1) is 16.9. The van der Waals surface area contributed by atoms with Gasteiger partial charge in [-0.3, -0.25) is 4.79 Å². The molecular formula is C17H18FN3OS. The zero-order chi connectivity index (χ0) is 17.0. The lowest BCUT2D eigenvalue weighted by atomic mass is 10.0. The van der Waals surface area contributed by atoms with Crippen LogP contribution >= 0.6 is 12.2 Å². The second kappa shape index (κ2) is 7.19. The van der Waals surface area contributed by atoms with Crippen LogP contribution in [0.15, 0.2) is 36.4 Å². The highest BCUT2D eigenvalue weighted by atomic mass is 32.1. The Kier molecular flexibility index (Phi) is 5.28. The zero-order valence-corrected chi connectivity index (χ0v) is 13.8. The van der Waals surface area contributed by atoms with Crippen molar-refractivity contribution >= 4 is 34.6 Å². The number of rotatable bonds is 4. The lowest BCUT2D eigenvalue weighted by Crippen LogP contribution is -2.19. The molecule has 2 rings (SSSR count). The molecule has 0 unspecified atom stereocenters. The average molecular weight is 331 g/mol. The Morgan fingerprint density at radius 2 is 1.87 bits per heavy atom. The Bertz CT molecular complexity index is 744. The minimum Gasteiger partial charge on any atom is -0.376 e. The molecule has 0 aromatic heterocycles. The van der Waals surface area contributed by atoms with Gasteiger partial charge in [-0.25, -0.2) is 4.39 Å². The molecule has 0 saturated heterocycles. The van der Waals surface area contributed by atoms with Gasteiger partial charge >= 0.3 is 0 Å². The third-order valence-corrected chi connectivity index (χ3v) is 3.51. The van der Waals surface area contributed by atoms with E-state index in [-0.39, 0.29) is 16.8 Å². The number of carbonyl (C=O) groups is 1. The van der Waals surface area contributed by atoms with E-state index in [0.717, 1.165) is 28.9 Å². The zero-order valence-electron chi connectivity index (χ0n) is 12.9. The van der Waals surface area contributed by atoms with E-state index >= 15 is 0 Å². The van der Waals surface area contributed by atoms with Crippen LogP contribution in [0, 0.1) is 12.7 Å². The van der Waals surface area contributed by atoms with Crippen LogP contribution < -0.4 is 16.4 Å². The first-order valence-corrected chi connectivity index (χ1v) is 7.58. The van der Waals surface area contributed by atoms with Gasteiger partial charge < -0.3 is 16.4 Å². The van der Waals surface area contributed by atoms with Crippen LogP contribution in [0.3, 0.4) is 0 Å². The van der Waals surface area contributed by atoms with Gasteiger partial charge in [0.05, 0.1) is 0 Å². The molecule has 4 N–H and O–H groups in total. The number of nitrogens with one attached hydrogen (secondary N) is 2. The van der Waals surface area contributed by atoms with E-state index in [4.69, 9.17) is 18.0 Å². The topological polar surface area (TPSA) is 67.2 Å². The number of anilines is 2. The van der Waals surface area contributed by atoms with Gasteiger partial charge in [-0.05, 0) is 73.1 Å². The number of hydrogen-bond acceptors (Lipinski definition) is 2. The van der Waals surface area contributed by atoms with E-state index in [0.29, 0.717) is 5.56 Å². The normalized spacial score (nSPS) is 10.2. The van der Waals surface area contributed by atoms with Crippen molar-refractivity contribution in [3.63, 3.8) is 0 Å². The quantitative estimate of drug-likeness (QED) is 0.749. The fourth-order valence-corrected chi connectivity index (χ4v) is 2.44. The number of hydrogen-bond donors (Lipinski definition) is 3. The molecule has 0 aliphatic carbocycles. The van der Waals surface area contributed by atoms with Crippen molar-refractivity contribution in [3.05, 3.63) is 58.9 Å². The molecule has 4 nitrogen and oxygen atoms in total. The Hall–Kier alpha value is -2.47. The molecule has 0 aliphatic rings. The van der Waals surface area contributed by atoms with E-state index in [9.17, 15) is 9.18 Å². The van der Waals surface area contributed by atoms with Crippen molar-refractivity contribution in [1.29, 1.82) is 0 Å². The molecule has 2 aromatic carbocycles. The molecule has 0 fully saturated rings. The maximum atomic E-state index is 12.9. The average Bonchev–Trinajstić information content (AvgIpc) is 2.49. The minimum absolute atomic E-state index is 0.189. The third-order valence-electron chi connectivity index (χ3n) is 3.41. The van der Waals surface area contributed by atoms with Crippen molar-refractivity contribution in [3.8, 4) is 0 Å². The molecule has 0 spiro atoms. The van der Waals surface area contributed by atoms with Gasteiger partial charge in [-0.1, -0.05) is 6.92 Å². The van der Waals surface area contributed by atoms with Gasteiger partial charge in [-0.2, -0.15) is 0 Å². The molecule has 0 saturated carbocycles. The molecule has 2 aromatic rings. The molecular weight excluding hydrogens is 313 g/mol. The van der Waals surface area contributed by atoms with Crippen molar-refractivity contribution in [2.24, 2.45) is 5.73 Å². The summed E-state index contributed by atoms with van der Waals surface area (Å²) in [7, 11) is 0. The summed E-state index contributed by atoms with van der Waals surface area (Å²) >= 11 is 4.84. The summed E-state index contributed by atoms with van der Waals surface area (Å²) < 4.78 is 12.9. The van der Waals surface area contributed by atoms with Crippen molar-refractivity contribution < 1.29 is 9.18 Å². The van der Waals surface area contributed by atoms with Gasteiger partial charge in [0.2, 0.25) is 0 Å². The number of thiocarbonyl (C=S) groups is 1. The predicted octanol–water partition coefficient (Wildman–Crippen LogP) is 3.60. The maximum absolute atomic E-state index is 12.9. The largest absolute Gasteiger partial charge is 0.376 e. The fourth-order valence-electron chi connectivity index (χ4n) is 2.32. The Morgan fingerprint density at radius 3 is 2.43 bits per heavy atom. The summed E-state index contributed by atoms with van der Waals surface area (Å²) in [4.78, 5) is 12.3. The third kappa shape index (κ3) is 4.26. The van der Waals surface area contributed by atoms with Gasteiger partial charge in [0.25, 0.3) is 5.91 Å². The van der Waals surface area contributed by atoms with Crippen LogP contribution in [-0.4, -0.2) is 11.0 Å². The van der Waals surface area contributed by atoms with Gasteiger partial charge in [0, 0.05) is 16.9 Å². The lowest BCUT2D eigenvalue weighted by Gasteiger charge is -2.16. The summed E-state index contributed by atoms with van der Waals surface area (Å²) in [6.45, 7) is 3.89. The SMILES string of the molecule is CCc1cc(NC(N)=S)cc(C)c1NC(=O)c1ccc(F)cc1. The molecule has 0 bridgehead atoms. The van der Waals surface area contributed by atoms with Crippen molar-refractivity contribution in [1.82, 2.24) is 0 Å². The lowest BCUT2D eigenvalue weighted by molar-refractivity contribution is 0.102. The summed E-state index contributed by atoms with van der Waals surface area (Å²) in [6, 6.07) is 9.18. The molecule has 0 heterocycles. The number of carbonyl (C=O) groups excluding carboxylic acids is 1. The monoisotopic (exact) mass is 331 g/mol. The molecule has 0 radical (unpaired) electrons. The number of nitrogens with two attached hydrogens (primary N) is 1. The summed E-state index contributed by atoms with van der Waals surface area (Å²) in [5.74, 6) is -0.655. The first-order chi connectivity index (χ1) is 10.9. The standard InChI is InChI=1S/C17H18FN3OS/c1-3-11-9-14(20-17(19)23)8-10(2)15(11)21-16(22)12-4-6-13(18)7-5-12/h4-9H,3H2,1-2H3,(H,21,22)(H3,19,20,23).